The molecule has 0 amide bonds. The molecule has 0 aromatic carbocycles. The third-order valence-electron chi connectivity index (χ3n) is 3.47. The van der Waals surface area contributed by atoms with Crippen LogP contribution in [0.25, 0.3) is 0 Å². The van der Waals surface area contributed by atoms with Crippen LogP contribution < -0.4 is 0 Å². The van der Waals surface area contributed by atoms with Crippen molar-refractivity contribution in [3.63, 3.8) is 0 Å². The zero-order valence-corrected chi connectivity index (χ0v) is 11.3. The fraction of sp³-hybridized carbons (Fsp3) is 0.929. The molecule has 0 unspecified atom stereocenters. The standard InChI is InChI=1S/C14H26N2/c1-12(2)16(10-13-6-7-13)9-5-8-14(3,4)11-15/h12-13H,5-10H2,1-4H3. The molecule has 0 atom stereocenters. The minimum Gasteiger partial charge on any atom is -0.301 e. The summed E-state index contributed by atoms with van der Waals surface area (Å²) in [6.07, 6.45) is 5.00. The minimum absolute atomic E-state index is 0.151. The lowest BCUT2D eigenvalue weighted by Gasteiger charge is -2.27. The van der Waals surface area contributed by atoms with E-state index in [9.17, 15) is 0 Å². The van der Waals surface area contributed by atoms with Gasteiger partial charge in [-0.3, -0.25) is 0 Å². The molecule has 1 aliphatic rings. The van der Waals surface area contributed by atoms with Crippen LogP contribution in [0.5, 0.6) is 0 Å². The number of hydrogen-bond donors (Lipinski definition) is 0. The third kappa shape index (κ3) is 4.99. The highest BCUT2D eigenvalue weighted by Crippen LogP contribution is 2.30. The maximum absolute atomic E-state index is 8.96. The molecule has 0 saturated heterocycles. The van der Waals surface area contributed by atoms with Crippen molar-refractivity contribution >= 4 is 0 Å². The van der Waals surface area contributed by atoms with Crippen LogP contribution in [0.3, 0.4) is 0 Å². The van der Waals surface area contributed by atoms with Gasteiger partial charge in [-0.15, -0.1) is 0 Å². The lowest BCUT2D eigenvalue weighted by molar-refractivity contribution is 0.201. The molecule has 1 aliphatic carbocycles. The van der Waals surface area contributed by atoms with E-state index in [2.05, 4.69) is 24.8 Å². The third-order valence-corrected chi connectivity index (χ3v) is 3.47. The van der Waals surface area contributed by atoms with E-state index >= 15 is 0 Å². The van der Waals surface area contributed by atoms with Crippen LogP contribution in [0.2, 0.25) is 0 Å². The average molecular weight is 222 g/mol. The van der Waals surface area contributed by atoms with Gasteiger partial charge in [-0.05, 0) is 65.8 Å². The van der Waals surface area contributed by atoms with Crippen molar-refractivity contribution in [2.45, 2.75) is 59.4 Å². The first-order chi connectivity index (χ1) is 7.44. The van der Waals surface area contributed by atoms with Crippen molar-refractivity contribution < 1.29 is 0 Å². The van der Waals surface area contributed by atoms with Gasteiger partial charge in [0.05, 0.1) is 11.5 Å². The molecule has 0 bridgehead atoms. The van der Waals surface area contributed by atoms with Gasteiger partial charge in [0.2, 0.25) is 0 Å². The Labute approximate surface area is 101 Å². The molecule has 0 N–H and O–H groups in total. The van der Waals surface area contributed by atoms with E-state index < -0.39 is 0 Å². The van der Waals surface area contributed by atoms with Crippen LogP contribution >= 0.6 is 0 Å². The van der Waals surface area contributed by atoms with Gasteiger partial charge in [-0.2, -0.15) is 5.26 Å². The van der Waals surface area contributed by atoms with Gasteiger partial charge < -0.3 is 4.90 Å². The number of rotatable bonds is 7. The number of nitriles is 1. The first kappa shape index (κ1) is 13.5. The molecular formula is C14H26N2. The molecule has 0 aliphatic heterocycles. The molecule has 0 spiro atoms. The van der Waals surface area contributed by atoms with E-state index in [4.69, 9.17) is 5.26 Å². The van der Waals surface area contributed by atoms with Crippen molar-refractivity contribution in [2.75, 3.05) is 13.1 Å². The molecule has 0 radical (unpaired) electrons. The van der Waals surface area contributed by atoms with E-state index in [1.54, 1.807) is 0 Å². The Balaban J connectivity index is 2.24. The van der Waals surface area contributed by atoms with Gasteiger partial charge in [0.15, 0.2) is 0 Å². The summed E-state index contributed by atoms with van der Waals surface area (Å²) in [4.78, 5) is 2.57. The number of nitrogens with zero attached hydrogens (tertiary/aromatic N) is 2. The van der Waals surface area contributed by atoms with Crippen molar-refractivity contribution in [2.24, 2.45) is 11.3 Å². The zero-order chi connectivity index (χ0) is 12.2. The fourth-order valence-electron chi connectivity index (χ4n) is 1.97. The van der Waals surface area contributed by atoms with Gasteiger partial charge in [-0.1, -0.05) is 0 Å². The molecule has 2 nitrogen and oxygen atoms in total. The summed E-state index contributed by atoms with van der Waals surface area (Å²) in [5, 5.41) is 8.96. The summed E-state index contributed by atoms with van der Waals surface area (Å²) >= 11 is 0. The van der Waals surface area contributed by atoms with Gasteiger partial charge >= 0.3 is 0 Å². The number of hydrogen-bond acceptors (Lipinski definition) is 2. The predicted molar refractivity (Wildman–Crippen MR) is 68.1 cm³/mol. The first-order valence-electron chi connectivity index (χ1n) is 6.60. The summed E-state index contributed by atoms with van der Waals surface area (Å²) in [6, 6.07) is 3.02. The molecule has 1 saturated carbocycles. The fourth-order valence-corrected chi connectivity index (χ4v) is 1.97. The normalized spacial score (nSPS) is 16.8. The van der Waals surface area contributed by atoms with Gasteiger partial charge in [0.25, 0.3) is 0 Å². The summed E-state index contributed by atoms with van der Waals surface area (Å²) in [5.41, 5.74) is -0.151. The van der Waals surface area contributed by atoms with Crippen molar-refractivity contribution in [3.8, 4) is 6.07 Å². The molecule has 1 rings (SSSR count). The molecule has 2 heteroatoms. The van der Waals surface area contributed by atoms with E-state index in [0.717, 1.165) is 25.3 Å². The Morgan fingerprint density at radius 2 is 2.00 bits per heavy atom. The summed E-state index contributed by atoms with van der Waals surface area (Å²) < 4.78 is 0. The minimum atomic E-state index is -0.151. The zero-order valence-electron chi connectivity index (χ0n) is 11.3. The van der Waals surface area contributed by atoms with Crippen molar-refractivity contribution in [3.05, 3.63) is 0 Å². The van der Waals surface area contributed by atoms with Crippen LogP contribution in [0.4, 0.5) is 0 Å². The van der Waals surface area contributed by atoms with Crippen molar-refractivity contribution in [1.82, 2.24) is 4.90 Å². The smallest absolute Gasteiger partial charge is 0.0683 e. The summed E-state index contributed by atoms with van der Waals surface area (Å²) in [5.74, 6) is 0.964. The highest BCUT2D eigenvalue weighted by Gasteiger charge is 2.25. The Hall–Kier alpha value is -0.550. The molecule has 16 heavy (non-hydrogen) atoms. The van der Waals surface area contributed by atoms with E-state index in [1.807, 2.05) is 13.8 Å². The quantitative estimate of drug-likeness (QED) is 0.660. The summed E-state index contributed by atoms with van der Waals surface area (Å²) in [7, 11) is 0. The van der Waals surface area contributed by atoms with E-state index in [-0.39, 0.29) is 5.41 Å². The maximum Gasteiger partial charge on any atom is 0.0683 e. The van der Waals surface area contributed by atoms with Crippen LogP contribution in [-0.4, -0.2) is 24.0 Å². The molecule has 1 fully saturated rings. The van der Waals surface area contributed by atoms with Crippen LogP contribution in [0.1, 0.15) is 53.4 Å². The predicted octanol–water partition coefficient (Wildman–Crippen LogP) is 3.44. The second-order valence-corrected chi connectivity index (χ2v) is 6.13. The monoisotopic (exact) mass is 222 g/mol. The molecule has 0 aromatic heterocycles. The van der Waals surface area contributed by atoms with E-state index in [0.29, 0.717) is 6.04 Å². The Morgan fingerprint density at radius 3 is 2.44 bits per heavy atom. The van der Waals surface area contributed by atoms with Crippen molar-refractivity contribution in [1.29, 1.82) is 5.26 Å². The van der Waals surface area contributed by atoms with Gasteiger partial charge in [0.1, 0.15) is 0 Å². The second kappa shape index (κ2) is 5.68. The molecule has 0 heterocycles. The molecule has 0 aromatic rings. The topological polar surface area (TPSA) is 27.0 Å². The van der Waals surface area contributed by atoms with Crippen LogP contribution in [0, 0.1) is 22.7 Å². The Bertz CT molecular complexity index is 246. The van der Waals surface area contributed by atoms with E-state index in [1.165, 1.54) is 19.4 Å². The average Bonchev–Trinajstić information content (AvgIpc) is 3.00. The second-order valence-electron chi connectivity index (χ2n) is 6.13. The SMILES string of the molecule is CC(C)N(CCCC(C)(C)C#N)CC1CC1. The maximum atomic E-state index is 8.96. The summed E-state index contributed by atoms with van der Waals surface area (Å²) in [6.45, 7) is 11.0. The lowest BCUT2D eigenvalue weighted by Crippen LogP contribution is -2.34. The first-order valence-corrected chi connectivity index (χ1v) is 6.60. The highest BCUT2D eigenvalue weighted by molar-refractivity contribution is 4.91. The Morgan fingerprint density at radius 1 is 1.38 bits per heavy atom. The lowest BCUT2D eigenvalue weighted by atomic mass is 9.90. The largest absolute Gasteiger partial charge is 0.301 e. The van der Waals surface area contributed by atoms with Crippen LogP contribution in [-0.2, 0) is 0 Å². The van der Waals surface area contributed by atoms with Gasteiger partial charge in [0, 0.05) is 12.6 Å². The van der Waals surface area contributed by atoms with Crippen LogP contribution in [0.15, 0.2) is 0 Å². The molecular weight excluding hydrogens is 196 g/mol. The highest BCUT2D eigenvalue weighted by atomic mass is 15.1. The Kier molecular flexibility index (Phi) is 4.80. The van der Waals surface area contributed by atoms with Gasteiger partial charge in [-0.25, -0.2) is 0 Å². The molecule has 92 valence electrons.